The summed E-state index contributed by atoms with van der Waals surface area (Å²) in [6.07, 6.45) is 0.339. The van der Waals surface area contributed by atoms with E-state index in [1.807, 2.05) is 30.3 Å². The van der Waals surface area contributed by atoms with E-state index in [1.165, 1.54) is 0 Å². The lowest BCUT2D eigenvalue weighted by atomic mass is 10.1. The van der Waals surface area contributed by atoms with Crippen LogP contribution in [-0.4, -0.2) is 5.91 Å². The predicted octanol–water partition coefficient (Wildman–Crippen LogP) is 4.28. The van der Waals surface area contributed by atoms with E-state index in [0.29, 0.717) is 17.1 Å². The second-order valence-corrected chi connectivity index (χ2v) is 5.22. The van der Waals surface area contributed by atoms with E-state index in [4.69, 9.17) is 11.6 Å². The number of benzene rings is 2. The first-order chi connectivity index (χ1) is 8.63. The maximum Gasteiger partial charge on any atom is 0.228 e. The van der Waals surface area contributed by atoms with Gasteiger partial charge in [0.2, 0.25) is 5.91 Å². The van der Waals surface area contributed by atoms with Crippen LogP contribution in [0.25, 0.3) is 0 Å². The van der Waals surface area contributed by atoms with Gasteiger partial charge in [-0.3, -0.25) is 4.79 Å². The van der Waals surface area contributed by atoms with Crippen LogP contribution < -0.4 is 5.32 Å². The van der Waals surface area contributed by atoms with Crippen LogP contribution in [0.1, 0.15) is 5.56 Å². The summed E-state index contributed by atoms with van der Waals surface area (Å²) in [5.74, 6) is -0.0598. The molecule has 0 aliphatic carbocycles. The summed E-state index contributed by atoms with van der Waals surface area (Å²) in [4.78, 5) is 11.8. The fourth-order valence-electron chi connectivity index (χ4n) is 1.60. The first-order valence-electron chi connectivity index (χ1n) is 5.43. The van der Waals surface area contributed by atoms with Crippen molar-refractivity contribution in [3.8, 4) is 0 Å². The molecule has 2 nitrogen and oxygen atoms in total. The van der Waals surface area contributed by atoms with E-state index < -0.39 is 0 Å². The number of carbonyl (C=O) groups excluding carboxylic acids is 1. The molecule has 0 saturated heterocycles. The molecule has 0 spiro atoms. The lowest BCUT2D eigenvalue weighted by Gasteiger charge is -2.06. The normalized spacial score (nSPS) is 10.1. The first kappa shape index (κ1) is 13.1. The molecule has 0 unspecified atom stereocenters. The van der Waals surface area contributed by atoms with E-state index >= 15 is 0 Å². The van der Waals surface area contributed by atoms with E-state index in [9.17, 15) is 4.79 Å². The van der Waals surface area contributed by atoms with E-state index in [-0.39, 0.29) is 5.91 Å². The van der Waals surface area contributed by atoms with Gasteiger partial charge in [0.25, 0.3) is 0 Å². The lowest BCUT2D eigenvalue weighted by Crippen LogP contribution is -2.14. The highest BCUT2D eigenvalue weighted by Gasteiger charge is 2.04. The zero-order valence-electron chi connectivity index (χ0n) is 9.49. The summed E-state index contributed by atoms with van der Waals surface area (Å²) in [7, 11) is 0. The van der Waals surface area contributed by atoms with Gasteiger partial charge in [0.05, 0.1) is 6.42 Å². The molecule has 2 aromatic carbocycles. The van der Waals surface area contributed by atoms with Gasteiger partial charge in [-0.25, -0.2) is 0 Å². The van der Waals surface area contributed by atoms with Crippen molar-refractivity contribution < 1.29 is 4.79 Å². The average Bonchev–Trinajstić information content (AvgIpc) is 2.28. The van der Waals surface area contributed by atoms with Crippen molar-refractivity contribution in [2.45, 2.75) is 6.42 Å². The van der Waals surface area contributed by atoms with Gasteiger partial charge >= 0.3 is 0 Å². The maximum absolute atomic E-state index is 11.8. The summed E-state index contributed by atoms with van der Waals surface area (Å²) < 4.78 is 0.968. The van der Waals surface area contributed by atoms with Crippen LogP contribution in [0, 0.1) is 0 Å². The molecule has 0 bridgehead atoms. The number of rotatable bonds is 3. The molecule has 0 fully saturated rings. The Morgan fingerprint density at radius 3 is 2.67 bits per heavy atom. The van der Waals surface area contributed by atoms with Crippen molar-refractivity contribution in [2.75, 3.05) is 5.32 Å². The molecule has 0 heterocycles. The molecule has 0 aliphatic heterocycles. The third-order valence-electron chi connectivity index (χ3n) is 2.36. The maximum atomic E-state index is 11.8. The van der Waals surface area contributed by atoms with E-state index in [0.717, 1.165) is 10.0 Å². The number of hydrogen-bond donors (Lipinski definition) is 1. The molecular formula is C14H11BrClNO. The molecule has 1 N–H and O–H groups in total. The van der Waals surface area contributed by atoms with Gasteiger partial charge in [0.1, 0.15) is 0 Å². The molecule has 0 aromatic heterocycles. The van der Waals surface area contributed by atoms with Gasteiger partial charge in [-0.15, -0.1) is 0 Å². The monoisotopic (exact) mass is 323 g/mol. The van der Waals surface area contributed by atoms with Crippen LogP contribution in [0.3, 0.4) is 0 Å². The minimum absolute atomic E-state index is 0.0598. The Morgan fingerprint density at radius 2 is 1.94 bits per heavy atom. The molecule has 92 valence electrons. The zero-order chi connectivity index (χ0) is 13.0. The Kier molecular flexibility index (Phi) is 4.39. The number of halogens is 2. The third-order valence-corrected chi connectivity index (χ3v) is 3.09. The molecular weight excluding hydrogens is 314 g/mol. The number of amides is 1. The van der Waals surface area contributed by atoms with E-state index in [1.54, 1.807) is 18.2 Å². The molecule has 0 aliphatic rings. The van der Waals surface area contributed by atoms with Crippen LogP contribution >= 0.6 is 27.5 Å². The minimum Gasteiger partial charge on any atom is -0.326 e. The molecule has 2 aromatic rings. The van der Waals surface area contributed by atoms with Gasteiger partial charge in [0.15, 0.2) is 0 Å². The fraction of sp³-hybridized carbons (Fsp3) is 0.0714. The molecule has 18 heavy (non-hydrogen) atoms. The summed E-state index contributed by atoms with van der Waals surface area (Å²) in [5.41, 5.74) is 1.67. The van der Waals surface area contributed by atoms with Crippen molar-refractivity contribution in [3.63, 3.8) is 0 Å². The predicted molar refractivity (Wildman–Crippen MR) is 77.9 cm³/mol. The van der Waals surface area contributed by atoms with Crippen molar-refractivity contribution in [1.82, 2.24) is 0 Å². The van der Waals surface area contributed by atoms with Crippen LogP contribution in [0.2, 0.25) is 5.02 Å². The average molecular weight is 325 g/mol. The van der Waals surface area contributed by atoms with Crippen LogP contribution in [0.4, 0.5) is 5.69 Å². The summed E-state index contributed by atoms with van der Waals surface area (Å²) in [5, 5.41) is 3.42. The molecule has 0 atom stereocenters. The van der Waals surface area contributed by atoms with Gasteiger partial charge in [-0.2, -0.15) is 0 Å². The number of hydrogen-bond acceptors (Lipinski definition) is 1. The first-order valence-corrected chi connectivity index (χ1v) is 6.60. The highest BCUT2D eigenvalue weighted by molar-refractivity contribution is 9.10. The van der Waals surface area contributed by atoms with E-state index in [2.05, 4.69) is 21.2 Å². The Morgan fingerprint density at radius 1 is 1.17 bits per heavy atom. The number of nitrogens with one attached hydrogen (secondary N) is 1. The molecule has 4 heteroatoms. The van der Waals surface area contributed by atoms with Gasteiger partial charge in [-0.1, -0.05) is 45.7 Å². The van der Waals surface area contributed by atoms with Gasteiger partial charge in [-0.05, 0) is 35.9 Å². The van der Waals surface area contributed by atoms with Crippen molar-refractivity contribution >= 4 is 39.1 Å². The van der Waals surface area contributed by atoms with Gasteiger partial charge < -0.3 is 5.32 Å². The molecule has 2 rings (SSSR count). The molecule has 0 radical (unpaired) electrons. The van der Waals surface area contributed by atoms with Crippen LogP contribution in [0.15, 0.2) is 53.0 Å². The van der Waals surface area contributed by atoms with Crippen molar-refractivity contribution in [2.24, 2.45) is 0 Å². The van der Waals surface area contributed by atoms with Gasteiger partial charge in [0, 0.05) is 15.2 Å². The standard InChI is InChI=1S/C14H11BrClNO/c15-11-4-1-3-10(7-11)8-14(18)17-13-6-2-5-12(16)9-13/h1-7,9H,8H2,(H,17,18). The summed E-state index contributed by atoms with van der Waals surface area (Å²) in [6.45, 7) is 0. The zero-order valence-corrected chi connectivity index (χ0v) is 11.8. The number of anilines is 1. The largest absolute Gasteiger partial charge is 0.326 e. The smallest absolute Gasteiger partial charge is 0.228 e. The summed E-state index contributed by atoms with van der Waals surface area (Å²) >= 11 is 9.23. The molecule has 1 amide bonds. The third kappa shape index (κ3) is 3.86. The molecule has 0 saturated carbocycles. The van der Waals surface area contributed by atoms with Crippen molar-refractivity contribution in [3.05, 3.63) is 63.6 Å². The Hall–Kier alpha value is -1.32. The highest BCUT2D eigenvalue weighted by Crippen LogP contribution is 2.16. The van der Waals surface area contributed by atoms with Crippen molar-refractivity contribution in [1.29, 1.82) is 0 Å². The van der Waals surface area contributed by atoms with Crippen LogP contribution in [-0.2, 0) is 11.2 Å². The number of carbonyl (C=O) groups is 1. The van der Waals surface area contributed by atoms with Crippen LogP contribution in [0.5, 0.6) is 0 Å². The minimum atomic E-state index is -0.0598. The highest BCUT2D eigenvalue weighted by atomic mass is 79.9. The summed E-state index contributed by atoms with van der Waals surface area (Å²) in [6, 6.07) is 14.8. The SMILES string of the molecule is O=C(Cc1cccc(Br)c1)Nc1cccc(Cl)c1. The topological polar surface area (TPSA) is 29.1 Å². The Balaban J connectivity index is 2.01. The second-order valence-electron chi connectivity index (χ2n) is 3.87. The lowest BCUT2D eigenvalue weighted by molar-refractivity contribution is -0.115. The fourth-order valence-corrected chi connectivity index (χ4v) is 2.24. The second kappa shape index (κ2) is 6.03. The Labute approximate surface area is 119 Å². The quantitative estimate of drug-likeness (QED) is 0.897. The Bertz CT molecular complexity index is 522.